The maximum Gasteiger partial charge on any atom is 0.258 e. The molecule has 0 aliphatic carbocycles. The van der Waals surface area contributed by atoms with E-state index in [4.69, 9.17) is 9.47 Å². The summed E-state index contributed by atoms with van der Waals surface area (Å²) in [5.74, 6) is 2.54. The zero-order valence-corrected chi connectivity index (χ0v) is 14.3. The van der Waals surface area contributed by atoms with Gasteiger partial charge >= 0.3 is 0 Å². The molecule has 25 heavy (non-hydrogen) atoms. The smallest absolute Gasteiger partial charge is 0.258 e. The van der Waals surface area contributed by atoms with E-state index in [0.717, 1.165) is 23.1 Å². The summed E-state index contributed by atoms with van der Waals surface area (Å²) in [5, 5.41) is 3.23. The minimum Gasteiger partial charge on any atom is -0.439 e. The van der Waals surface area contributed by atoms with Crippen LogP contribution in [0.3, 0.4) is 0 Å². The molecule has 2 heterocycles. The number of rotatable bonds is 3. The molecule has 4 rings (SSSR count). The number of anilines is 1. The van der Waals surface area contributed by atoms with Crippen LogP contribution >= 0.6 is 0 Å². The first-order valence-corrected chi connectivity index (χ1v) is 8.33. The maximum absolute atomic E-state index is 6.04. The Bertz CT molecular complexity index is 854. The quantitative estimate of drug-likeness (QED) is 0.666. The second kappa shape index (κ2) is 6.15. The lowest BCUT2D eigenvalue weighted by Crippen LogP contribution is -2.47. The van der Waals surface area contributed by atoms with E-state index in [-0.39, 0.29) is 6.23 Å². The highest BCUT2D eigenvalue weighted by molar-refractivity contribution is 5.63. The Hall–Kier alpha value is -2.98. The normalized spacial score (nSPS) is 21.8. The van der Waals surface area contributed by atoms with Crippen LogP contribution in [-0.4, -0.2) is 20.3 Å². The van der Waals surface area contributed by atoms with Crippen LogP contribution in [0.2, 0.25) is 0 Å². The number of likely N-dealkylation sites (N-methyl/N-ethyl adjacent to an activating group) is 1. The fourth-order valence-corrected chi connectivity index (χ4v) is 3.06. The van der Waals surface area contributed by atoms with Crippen molar-refractivity contribution in [2.45, 2.75) is 6.23 Å². The molecule has 0 spiro atoms. The molecule has 0 amide bonds. The van der Waals surface area contributed by atoms with Gasteiger partial charge in [0.1, 0.15) is 0 Å². The summed E-state index contributed by atoms with van der Waals surface area (Å²) in [7, 11) is 4.31. The summed E-state index contributed by atoms with van der Waals surface area (Å²) in [6.45, 7) is 0. The second-order valence-electron chi connectivity index (χ2n) is 6.54. The molecule has 2 aliphatic rings. The summed E-state index contributed by atoms with van der Waals surface area (Å²) in [4.78, 5) is 0. The van der Waals surface area contributed by atoms with E-state index >= 15 is 0 Å². The number of nitrogens with one attached hydrogen (secondary N) is 1. The Labute approximate surface area is 147 Å². The van der Waals surface area contributed by atoms with Crippen molar-refractivity contribution in [1.82, 2.24) is 4.48 Å². The Morgan fingerprint density at radius 3 is 2.48 bits per heavy atom. The van der Waals surface area contributed by atoms with Crippen molar-refractivity contribution in [1.29, 1.82) is 0 Å². The largest absolute Gasteiger partial charge is 0.439 e. The minimum absolute atomic E-state index is 0.0280. The zero-order chi connectivity index (χ0) is 17.3. The third-order valence-corrected chi connectivity index (χ3v) is 4.48. The molecule has 1 N–H and O–H groups in total. The topological polar surface area (TPSA) is 30.5 Å². The predicted molar refractivity (Wildman–Crippen MR) is 102 cm³/mol. The molecule has 0 saturated carbocycles. The number of hydrogen-bond donors (Lipinski definition) is 1. The van der Waals surface area contributed by atoms with E-state index in [9.17, 15) is 0 Å². The van der Waals surface area contributed by atoms with Crippen LogP contribution < -0.4 is 19.3 Å². The first-order valence-electron chi connectivity index (χ1n) is 8.33. The highest BCUT2D eigenvalue weighted by atomic mass is 16.5. The van der Waals surface area contributed by atoms with Gasteiger partial charge in [-0.3, -0.25) is 4.48 Å². The Morgan fingerprint density at radius 2 is 1.68 bits per heavy atom. The number of hydrogen-bond acceptors (Lipinski definition) is 3. The molecule has 126 valence electrons. The van der Waals surface area contributed by atoms with Crippen molar-refractivity contribution in [3.05, 3.63) is 84.8 Å². The Kier molecular flexibility index (Phi) is 3.82. The SMILES string of the molecule is C[N+]1(C)c2ccccc2OC1C=CC=CC=C1Nc2ccccc2O1. The van der Waals surface area contributed by atoms with Gasteiger partial charge in [-0.2, -0.15) is 0 Å². The number of fused-ring (bicyclic) bond motifs is 2. The Balaban J connectivity index is 1.40. The lowest BCUT2D eigenvalue weighted by atomic mass is 10.2. The molecule has 4 heteroatoms. The number of para-hydroxylation sites is 4. The van der Waals surface area contributed by atoms with Crippen LogP contribution in [0.4, 0.5) is 11.4 Å². The molecule has 0 fully saturated rings. The van der Waals surface area contributed by atoms with Crippen molar-refractivity contribution in [3.63, 3.8) is 0 Å². The van der Waals surface area contributed by atoms with E-state index < -0.39 is 0 Å². The standard InChI is InChI=1S/C21H21N2O2/c1-23(2)17-11-7-9-13-19(17)25-21(23)15-5-3-4-14-20-22-16-10-6-8-12-18(16)24-20/h3-15,21-22H,1-2H3/q+1. The average molecular weight is 333 g/mol. The van der Waals surface area contributed by atoms with Crippen molar-refractivity contribution >= 4 is 11.4 Å². The number of benzene rings is 2. The van der Waals surface area contributed by atoms with Crippen LogP contribution in [0, 0.1) is 0 Å². The molecule has 0 aromatic heterocycles. The number of quaternary nitrogens is 1. The fourth-order valence-electron chi connectivity index (χ4n) is 3.06. The summed E-state index contributed by atoms with van der Waals surface area (Å²) in [6, 6.07) is 16.1. The number of ether oxygens (including phenoxy) is 2. The highest BCUT2D eigenvalue weighted by Crippen LogP contribution is 2.40. The van der Waals surface area contributed by atoms with E-state index in [0.29, 0.717) is 4.48 Å². The summed E-state index contributed by atoms with van der Waals surface area (Å²) in [5.41, 5.74) is 2.19. The van der Waals surface area contributed by atoms with Crippen molar-refractivity contribution in [2.75, 3.05) is 19.4 Å². The van der Waals surface area contributed by atoms with Gasteiger partial charge in [0.25, 0.3) is 6.23 Å². The van der Waals surface area contributed by atoms with Crippen molar-refractivity contribution in [2.24, 2.45) is 0 Å². The van der Waals surface area contributed by atoms with Gasteiger partial charge in [-0.15, -0.1) is 0 Å². The van der Waals surface area contributed by atoms with Gasteiger partial charge < -0.3 is 14.8 Å². The van der Waals surface area contributed by atoms with Gasteiger partial charge in [0, 0.05) is 12.1 Å². The van der Waals surface area contributed by atoms with Crippen LogP contribution in [0.5, 0.6) is 11.5 Å². The van der Waals surface area contributed by atoms with Crippen LogP contribution in [-0.2, 0) is 0 Å². The predicted octanol–water partition coefficient (Wildman–Crippen LogP) is 4.43. The van der Waals surface area contributed by atoms with Crippen LogP contribution in [0.25, 0.3) is 0 Å². The monoisotopic (exact) mass is 333 g/mol. The number of allylic oxidation sites excluding steroid dienone is 4. The van der Waals surface area contributed by atoms with E-state index in [2.05, 4.69) is 31.6 Å². The van der Waals surface area contributed by atoms with Gasteiger partial charge in [-0.25, -0.2) is 0 Å². The first kappa shape index (κ1) is 15.5. The molecule has 4 nitrogen and oxygen atoms in total. The molecule has 2 aromatic rings. The van der Waals surface area contributed by atoms with Gasteiger partial charge in [-0.05, 0) is 24.3 Å². The molecule has 1 atom stereocenters. The van der Waals surface area contributed by atoms with Gasteiger partial charge in [0.05, 0.1) is 19.8 Å². The van der Waals surface area contributed by atoms with Crippen molar-refractivity contribution < 1.29 is 9.47 Å². The van der Waals surface area contributed by atoms with Gasteiger partial charge in [-0.1, -0.05) is 42.5 Å². The summed E-state index contributed by atoms with van der Waals surface area (Å²) >= 11 is 0. The molecule has 0 bridgehead atoms. The van der Waals surface area contributed by atoms with Gasteiger partial charge in [0.2, 0.25) is 0 Å². The van der Waals surface area contributed by atoms with Crippen molar-refractivity contribution in [3.8, 4) is 11.5 Å². The fraction of sp³-hybridized carbons (Fsp3) is 0.143. The second-order valence-corrected chi connectivity index (χ2v) is 6.54. The summed E-state index contributed by atoms with van der Waals surface area (Å²) < 4.78 is 12.4. The lowest BCUT2D eigenvalue weighted by molar-refractivity contribution is 0.152. The maximum atomic E-state index is 6.04. The first-order chi connectivity index (χ1) is 12.1. The van der Waals surface area contributed by atoms with E-state index in [1.807, 2.05) is 66.8 Å². The molecule has 2 aliphatic heterocycles. The highest BCUT2D eigenvalue weighted by Gasteiger charge is 2.39. The summed E-state index contributed by atoms with van der Waals surface area (Å²) in [6.07, 6.45) is 9.90. The van der Waals surface area contributed by atoms with Crippen LogP contribution in [0.1, 0.15) is 0 Å². The zero-order valence-electron chi connectivity index (χ0n) is 14.3. The molecule has 1 unspecified atom stereocenters. The third-order valence-electron chi connectivity index (χ3n) is 4.48. The lowest BCUT2D eigenvalue weighted by Gasteiger charge is -2.26. The third kappa shape index (κ3) is 2.92. The molecule has 2 aromatic carbocycles. The number of nitrogens with zero attached hydrogens (tertiary/aromatic N) is 1. The molecule has 0 saturated heterocycles. The minimum atomic E-state index is -0.0280. The van der Waals surface area contributed by atoms with Gasteiger partial charge in [0.15, 0.2) is 23.1 Å². The van der Waals surface area contributed by atoms with Crippen LogP contribution in [0.15, 0.2) is 84.8 Å². The average Bonchev–Trinajstić information content (AvgIpc) is 3.13. The van der Waals surface area contributed by atoms with E-state index in [1.54, 1.807) is 0 Å². The molecule has 0 radical (unpaired) electrons. The molecular formula is C21H21N2O2+. The Morgan fingerprint density at radius 1 is 0.920 bits per heavy atom. The molecular weight excluding hydrogens is 312 g/mol. The van der Waals surface area contributed by atoms with E-state index in [1.165, 1.54) is 5.69 Å².